The molecule has 0 bridgehead atoms. The molecule has 0 saturated carbocycles. The molecule has 0 aliphatic carbocycles. The van der Waals surface area contributed by atoms with Gasteiger partial charge in [-0.25, -0.2) is 8.42 Å². The second-order valence-electron chi connectivity index (χ2n) is 5.96. The summed E-state index contributed by atoms with van der Waals surface area (Å²) >= 11 is 6.05. The molecular weight excluding hydrogens is 360 g/mol. The van der Waals surface area contributed by atoms with Gasteiger partial charge in [-0.05, 0) is 54.8 Å². The molecule has 7 heteroatoms. The summed E-state index contributed by atoms with van der Waals surface area (Å²) < 4.78 is 28.0. The van der Waals surface area contributed by atoms with Gasteiger partial charge in [0.15, 0.2) is 0 Å². The van der Waals surface area contributed by atoms with Crippen LogP contribution in [-0.2, 0) is 21.2 Å². The number of halogens is 1. The van der Waals surface area contributed by atoms with Gasteiger partial charge in [-0.15, -0.1) is 0 Å². The molecule has 0 unspecified atom stereocenters. The number of amides is 1. The molecule has 0 fully saturated rings. The number of carbonyl (C=O) groups excluding carboxylic acids is 1. The Morgan fingerprint density at radius 2 is 2.04 bits per heavy atom. The van der Waals surface area contributed by atoms with Crippen molar-refractivity contribution in [3.05, 3.63) is 52.5 Å². The largest absolute Gasteiger partial charge is 0.312 e. The van der Waals surface area contributed by atoms with E-state index in [2.05, 4.69) is 4.72 Å². The molecule has 0 radical (unpaired) electrons. The van der Waals surface area contributed by atoms with E-state index in [0.717, 1.165) is 11.3 Å². The summed E-state index contributed by atoms with van der Waals surface area (Å²) in [5.74, 6) is 0.0436. The second-order valence-corrected chi connectivity index (χ2v) is 8.05. The molecule has 0 spiro atoms. The van der Waals surface area contributed by atoms with Crippen LogP contribution in [0.25, 0.3) is 0 Å². The van der Waals surface area contributed by atoms with Gasteiger partial charge in [-0.1, -0.05) is 24.6 Å². The van der Waals surface area contributed by atoms with Crippen molar-refractivity contribution in [1.29, 1.82) is 0 Å². The average Bonchev–Trinajstić information content (AvgIpc) is 3.01. The third kappa shape index (κ3) is 3.37. The summed E-state index contributed by atoms with van der Waals surface area (Å²) in [5, 5.41) is 0.503. The zero-order valence-corrected chi connectivity index (χ0v) is 15.6. The second kappa shape index (κ2) is 6.69. The van der Waals surface area contributed by atoms with Gasteiger partial charge in [-0.3, -0.25) is 9.52 Å². The molecule has 132 valence electrons. The number of hydrogen-bond acceptors (Lipinski definition) is 3. The normalized spacial score (nSPS) is 13.6. The monoisotopic (exact) mass is 378 g/mol. The van der Waals surface area contributed by atoms with E-state index in [1.54, 1.807) is 42.2 Å². The van der Waals surface area contributed by atoms with E-state index in [4.69, 9.17) is 11.6 Å². The molecule has 1 amide bonds. The number of benzene rings is 2. The van der Waals surface area contributed by atoms with Crippen LogP contribution in [-0.4, -0.2) is 20.9 Å². The van der Waals surface area contributed by atoms with Gasteiger partial charge >= 0.3 is 0 Å². The molecule has 25 heavy (non-hydrogen) atoms. The highest BCUT2D eigenvalue weighted by Gasteiger charge is 2.26. The molecule has 0 atom stereocenters. The van der Waals surface area contributed by atoms with Crippen LogP contribution in [0.2, 0.25) is 5.02 Å². The number of rotatable bonds is 4. The molecule has 3 rings (SSSR count). The highest BCUT2D eigenvalue weighted by molar-refractivity contribution is 7.92. The van der Waals surface area contributed by atoms with E-state index >= 15 is 0 Å². The third-order valence-electron chi connectivity index (χ3n) is 4.37. The topological polar surface area (TPSA) is 66.5 Å². The first-order valence-electron chi connectivity index (χ1n) is 8.04. The Balaban J connectivity index is 1.92. The van der Waals surface area contributed by atoms with Gasteiger partial charge in [0.1, 0.15) is 0 Å². The molecule has 0 aromatic heterocycles. The number of carbonyl (C=O) groups is 1. The predicted octanol–water partition coefficient (Wildman–Crippen LogP) is 3.75. The van der Waals surface area contributed by atoms with Crippen LogP contribution in [0.15, 0.2) is 41.3 Å². The first-order valence-corrected chi connectivity index (χ1v) is 9.91. The molecule has 1 heterocycles. The lowest BCUT2D eigenvalue weighted by molar-refractivity contribution is -0.118. The predicted molar refractivity (Wildman–Crippen MR) is 99.8 cm³/mol. The maximum Gasteiger partial charge on any atom is 0.261 e. The van der Waals surface area contributed by atoms with E-state index in [1.165, 1.54) is 6.07 Å². The molecule has 1 aliphatic heterocycles. The minimum atomic E-state index is -3.73. The summed E-state index contributed by atoms with van der Waals surface area (Å²) in [6, 6.07) is 9.96. The fourth-order valence-electron chi connectivity index (χ4n) is 2.92. The van der Waals surface area contributed by atoms with Crippen LogP contribution < -0.4 is 9.62 Å². The number of nitrogens with zero attached hydrogens (tertiary/aromatic N) is 1. The van der Waals surface area contributed by atoms with E-state index in [0.29, 0.717) is 35.7 Å². The summed E-state index contributed by atoms with van der Waals surface area (Å²) in [5.41, 5.74) is 2.79. The Kier molecular flexibility index (Phi) is 4.75. The van der Waals surface area contributed by atoms with E-state index in [9.17, 15) is 13.2 Å². The summed E-state index contributed by atoms with van der Waals surface area (Å²) in [4.78, 5) is 13.8. The smallest absolute Gasteiger partial charge is 0.261 e. The van der Waals surface area contributed by atoms with E-state index < -0.39 is 10.0 Å². The Hall–Kier alpha value is -2.05. The number of hydrogen-bond donors (Lipinski definition) is 1. The Morgan fingerprint density at radius 3 is 2.76 bits per heavy atom. The average molecular weight is 379 g/mol. The summed E-state index contributed by atoms with van der Waals surface area (Å²) in [7, 11) is -3.73. The van der Waals surface area contributed by atoms with Crippen LogP contribution in [0.4, 0.5) is 11.4 Å². The van der Waals surface area contributed by atoms with Crippen LogP contribution in [0, 0.1) is 6.92 Å². The van der Waals surface area contributed by atoms with Crippen LogP contribution in [0.1, 0.15) is 24.5 Å². The molecular formula is C18H19ClN2O3S. The summed E-state index contributed by atoms with van der Waals surface area (Å²) in [6.07, 6.45) is 1.08. The van der Waals surface area contributed by atoms with Crippen molar-refractivity contribution >= 4 is 38.9 Å². The van der Waals surface area contributed by atoms with Crippen molar-refractivity contribution in [2.45, 2.75) is 31.6 Å². The standard InChI is InChI=1S/C18H19ClN2O3S/c1-3-18(22)21-10-9-13-11-14(7-8-17(13)21)25(23,24)20-16-6-4-5-15(19)12(16)2/h4-8,11,20H,3,9-10H2,1-2H3. The minimum absolute atomic E-state index is 0.0436. The van der Waals surface area contributed by atoms with Crippen LogP contribution >= 0.6 is 11.6 Å². The fraction of sp³-hybridized carbons (Fsp3) is 0.278. The highest BCUT2D eigenvalue weighted by Crippen LogP contribution is 2.32. The number of nitrogens with one attached hydrogen (secondary N) is 1. The van der Waals surface area contributed by atoms with Crippen molar-refractivity contribution in [2.75, 3.05) is 16.2 Å². The number of anilines is 2. The molecule has 5 nitrogen and oxygen atoms in total. The number of sulfonamides is 1. The molecule has 0 saturated heterocycles. The Bertz CT molecular complexity index is 941. The van der Waals surface area contributed by atoms with Gasteiger partial charge in [0.25, 0.3) is 10.0 Å². The maximum atomic E-state index is 12.7. The Morgan fingerprint density at radius 1 is 1.28 bits per heavy atom. The fourth-order valence-corrected chi connectivity index (χ4v) is 4.26. The minimum Gasteiger partial charge on any atom is -0.312 e. The van der Waals surface area contributed by atoms with Gasteiger partial charge in [0.2, 0.25) is 5.91 Å². The van der Waals surface area contributed by atoms with Gasteiger partial charge in [0.05, 0.1) is 10.6 Å². The van der Waals surface area contributed by atoms with E-state index in [-0.39, 0.29) is 10.8 Å². The zero-order chi connectivity index (χ0) is 18.2. The lowest BCUT2D eigenvalue weighted by Gasteiger charge is -2.17. The lowest BCUT2D eigenvalue weighted by atomic mass is 10.2. The number of fused-ring (bicyclic) bond motifs is 1. The Labute approximate surface area is 152 Å². The molecule has 2 aromatic carbocycles. The van der Waals surface area contributed by atoms with E-state index in [1.807, 2.05) is 6.92 Å². The van der Waals surface area contributed by atoms with Crippen molar-refractivity contribution in [2.24, 2.45) is 0 Å². The van der Waals surface area contributed by atoms with Gasteiger partial charge < -0.3 is 4.90 Å². The summed E-state index contributed by atoms with van der Waals surface area (Å²) in [6.45, 7) is 4.17. The highest BCUT2D eigenvalue weighted by atomic mass is 35.5. The van der Waals surface area contributed by atoms with Crippen LogP contribution in [0.5, 0.6) is 0 Å². The molecule has 2 aromatic rings. The van der Waals surface area contributed by atoms with Gasteiger partial charge in [0, 0.05) is 23.7 Å². The van der Waals surface area contributed by atoms with Crippen molar-refractivity contribution in [3.8, 4) is 0 Å². The van der Waals surface area contributed by atoms with Crippen molar-refractivity contribution in [3.63, 3.8) is 0 Å². The van der Waals surface area contributed by atoms with Crippen LogP contribution in [0.3, 0.4) is 0 Å². The van der Waals surface area contributed by atoms with Crippen molar-refractivity contribution in [1.82, 2.24) is 0 Å². The molecule has 1 aliphatic rings. The van der Waals surface area contributed by atoms with Gasteiger partial charge in [-0.2, -0.15) is 0 Å². The SMILES string of the molecule is CCC(=O)N1CCc2cc(S(=O)(=O)Nc3cccc(Cl)c3C)ccc21. The van der Waals surface area contributed by atoms with Crippen molar-refractivity contribution < 1.29 is 13.2 Å². The third-order valence-corrected chi connectivity index (χ3v) is 6.14. The first kappa shape index (κ1) is 17.8. The first-order chi connectivity index (χ1) is 11.8. The maximum absolute atomic E-state index is 12.7. The zero-order valence-electron chi connectivity index (χ0n) is 14.0. The lowest BCUT2D eigenvalue weighted by Crippen LogP contribution is -2.27. The molecule has 1 N–H and O–H groups in total. The quantitative estimate of drug-likeness (QED) is 0.881.